The fourth-order valence-electron chi connectivity index (χ4n) is 3.20. The summed E-state index contributed by atoms with van der Waals surface area (Å²) in [5, 5.41) is 2.56. The summed E-state index contributed by atoms with van der Waals surface area (Å²) in [6, 6.07) is 8.67. The second-order valence-electron chi connectivity index (χ2n) is 7.95. The average molecular weight is 516 g/mol. The Kier molecular flexibility index (Phi) is 8.78. The minimum absolute atomic E-state index is 0.108. The van der Waals surface area contributed by atoms with Crippen molar-refractivity contribution < 1.29 is 32.3 Å². The Labute approximate surface area is 201 Å². The number of nitrogens with one attached hydrogen (secondary N) is 2. The van der Waals surface area contributed by atoms with E-state index in [1.165, 1.54) is 19.2 Å². The van der Waals surface area contributed by atoms with E-state index in [4.69, 9.17) is 30.7 Å². The number of carbonyl (C=O) groups excluding carboxylic acids is 1. The van der Waals surface area contributed by atoms with Crippen molar-refractivity contribution in [1.82, 2.24) is 14.6 Å². The Morgan fingerprint density at radius 3 is 2.68 bits per heavy atom. The predicted molar refractivity (Wildman–Crippen MR) is 124 cm³/mol. The molecule has 10 nitrogen and oxygen atoms in total. The van der Waals surface area contributed by atoms with Gasteiger partial charge in [-0.3, -0.25) is 18.9 Å². The third-order valence-corrected chi connectivity index (χ3v) is 6.59. The normalized spacial score (nSPS) is 22.8. The van der Waals surface area contributed by atoms with Crippen molar-refractivity contribution in [2.24, 2.45) is 0 Å². The summed E-state index contributed by atoms with van der Waals surface area (Å²) < 4.78 is 51.3. The van der Waals surface area contributed by atoms with Crippen LogP contribution in [0.3, 0.4) is 0 Å². The standard InChI is InChI=1S/C21H27FN3O7PS/c1-13(2)30-20(26)14(3)24-33(28,32-15-7-5-4-6-8-15)29-12-16-11-17(22)19(31-16)25-10-9-18(34)23-21(25)27/h4-10,13-14,16-17,19H,11-12H2,1-3H3,(H,24,28)(H,23,27,34)/t14-,16-,17-,19?,33?/m0/s1. The molecule has 1 aromatic carbocycles. The molecule has 34 heavy (non-hydrogen) atoms. The highest BCUT2D eigenvalue weighted by Crippen LogP contribution is 2.46. The van der Waals surface area contributed by atoms with Gasteiger partial charge in [-0.25, -0.2) is 13.8 Å². The quantitative estimate of drug-likeness (QED) is 0.277. The summed E-state index contributed by atoms with van der Waals surface area (Å²) in [5.74, 6) is -0.403. The van der Waals surface area contributed by atoms with E-state index >= 15 is 0 Å². The first kappa shape index (κ1) is 26.2. The van der Waals surface area contributed by atoms with Crippen molar-refractivity contribution in [3.05, 3.63) is 57.7 Å². The second kappa shape index (κ2) is 11.4. The molecule has 0 amide bonds. The third kappa shape index (κ3) is 7.07. The van der Waals surface area contributed by atoms with E-state index in [-0.39, 0.29) is 29.5 Å². The minimum atomic E-state index is -4.12. The van der Waals surface area contributed by atoms with Crippen LogP contribution in [0.1, 0.15) is 33.4 Å². The highest BCUT2D eigenvalue weighted by atomic mass is 32.1. The number of nitrogens with zero attached hydrogens (tertiary/aromatic N) is 1. The van der Waals surface area contributed by atoms with Crippen molar-refractivity contribution in [1.29, 1.82) is 0 Å². The molecule has 2 N–H and O–H groups in total. The van der Waals surface area contributed by atoms with Gasteiger partial charge in [0.2, 0.25) is 0 Å². The van der Waals surface area contributed by atoms with Gasteiger partial charge in [0.05, 0.1) is 18.8 Å². The van der Waals surface area contributed by atoms with Crippen LogP contribution in [0.4, 0.5) is 4.39 Å². The van der Waals surface area contributed by atoms with Gasteiger partial charge in [-0.05, 0) is 39.0 Å². The molecule has 0 bridgehead atoms. The first-order chi connectivity index (χ1) is 16.1. The maximum Gasteiger partial charge on any atom is 0.459 e. The average Bonchev–Trinajstić information content (AvgIpc) is 3.13. The first-order valence-electron chi connectivity index (χ1n) is 10.6. The van der Waals surface area contributed by atoms with Crippen LogP contribution in [0.15, 0.2) is 47.4 Å². The van der Waals surface area contributed by atoms with E-state index in [1.807, 2.05) is 0 Å². The van der Waals surface area contributed by atoms with Crippen LogP contribution in [-0.4, -0.2) is 46.5 Å². The van der Waals surface area contributed by atoms with Crippen molar-refractivity contribution in [2.45, 2.75) is 57.8 Å². The van der Waals surface area contributed by atoms with Crippen LogP contribution < -0.4 is 15.3 Å². The lowest BCUT2D eigenvalue weighted by Gasteiger charge is -2.24. The molecule has 1 aromatic heterocycles. The molecule has 13 heteroatoms. The Hall–Kier alpha value is -2.37. The van der Waals surface area contributed by atoms with E-state index in [1.54, 1.807) is 44.2 Å². The van der Waals surface area contributed by atoms with Gasteiger partial charge in [0, 0.05) is 12.6 Å². The monoisotopic (exact) mass is 515 g/mol. The predicted octanol–water partition coefficient (Wildman–Crippen LogP) is 3.66. The Balaban J connectivity index is 1.71. The number of rotatable bonds is 10. The molecule has 1 aliphatic rings. The Morgan fingerprint density at radius 1 is 1.32 bits per heavy atom. The van der Waals surface area contributed by atoms with E-state index in [9.17, 15) is 18.5 Å². The molecule has 2 aromatic rings. The van der Waals surface area contributed by atoms with Crippen LogP contribution in [0.5, 0.6) is 5.75 Å². The lowest BCUT2D eigenvalue weighted by Crippen LogP contribution is -2.36. The Bertz CT molecular complexity index is 1140. The lowest BCUT2D eigenvalue weighted by molar-refractivity contribution is -0.149. The smallest absolute Gasteiger partial charge is 0.459 e. The molecule has 0 spiro atoms. The molecule has 2 heterocycles. The summed E-state index contributed by atoms with van der Waals surface area (Å²) >= 11 is 4.89. The molecule has 2 unspecified atom stereocenters. The van der Waals surface area contributed by atoms with Crippen molar-refractivity contribution in [2.75, 3.05) is 6.61 Å². The van der Waals surface area contributed by atoms with E-state index in [2.05, 4.69) is 10.1 Å². The largest absolute Gasteiger partial charge is 0.462 e. The van der Waals surface area contributed by atoms with Gasteiger partial charge >= 0.3 is 19.4 Å². The summed E-state index contributed by atoms with van der Waals surface area (Å²) in [7, 11) is -4.12. The second-order valence-corrected chi connectivity index (χ2v) is 10.1. The fraction of sp³-hybridized carbons (Fsp3) is 0.476. The molecule has 1 aliphatic heterocycles. The number of hydrogen-bond donors (Lipinski definition) is 2. The van der Waals surface area contributed by atoms with Crippen molar-refractivity contribution in [3.8, 4) is 5.75 Å². The number of alkyl halides is 1. The maximum absolute atomic E-state index is 14.7. The molecule has 0 aliphatic carbocycles. The number of benzene rings is 1. The Morgan fingerprint density at radius 2 is 2.03 bits per heavy atom. The lowest BCUT2D eigenvalue weighted by atomic mass is 10.2. The van der Waals surface area contributed by atoms with Gasteiger partial charge < -0.3 is 14.0 Å². The number of carbonyl (C=O) groups is 1. The van der Waals surface area contributed by atoms with E-state index < -0.39 is 44.0 Å². The van der Waals surface area contributed by atoms with Gasteiger partial charge in [0.15, 0.2) is 6.23 Å². The van der Waals surface area contributed by atoms with Crippen molar-refractivity contribution in [3.63, 3.8) is 0 Å². The molecule has 0 saturated carbocycles. The molecule has 5 atom stereocenters. The molecule has 1 saturated heterocycles. The summed E-state index contributed by atoms with van der Waals surface area (Å²) in [4.78, 5) is 26.7. The zero-order chi connectivity index (χ0) is 24.9. The van der Waals surface area contributed by atoms with Crippen LogP contribution in [0.25, 0.3) is 0 Å². The molecular weight excluding hydrogens is 488 g/mol. The van der Waals surface area contributed by atoms with Gasteiger partial charge in [-0.15, -0.1) is 0 Å². The van der Waals surface area contributed by atoms with Gasteiger partial charge in [-0.1, -0.05) is 30.4 Å². The van der Waals surface area contributed by atoms with E-state index in [0.717, 1.165) is 4.57 Å². The van der Waals surface area contributed by atoms with Gasteiger partial charge in [-0.2, -0.15) is 5.09 Å². The number of aromatic amines is 1. The number of H-pyrrole nitrogens is 1. The highest BCUT2D eigenvalue weighted by Gasteiger charge is 2.40. The van der Waals surface area contributed by atoms with Crippen LogP contribution in [0, 0.1) is 4.64 Å². The fourth-order valence-corrected chi connectivity index (χ4v) is 4.87. The number of hydrogen-bond acceptors (Lipinski definition) is 8. The summed E-state index contributed by atoms with van der Waals surface area (Å²) in [6.07, 6.45) is -2.68. The number of halogens is 1. The van der Waals surface area contributed by atoms with Crippen LogP contribution in [0.2, 0.25) is 0 Å². The van der Waals surface area contributed by atoms with Gasteiger partial charge in [0.25, 0.3) is 0 Å². The highest BCUT2D eigenvalue weighted by molar-refractivity contribution is 7.71. The number of ether oxygens (including phenoxy) is 2. The topological polar surface area (TPSA) is 121 Å². The SMILES string of the molecule is CC(C)OC(=O)[C@H](C)NP(=O)(OC[C@@H]1C[C@H](F)C(n2ccc(=S)[nH]c2=O)O1)Oc1ccccc1. The molecule has 3 rings (SSSR count). The van der Waals surface area contributed by atoms with Crippen LogP contribution >= 0.6 is 20.0 Å². The molecular formula is C21H27FN3O7PS. The number of aromatic nitrogens is 2. The third-order valence-electron chi connectivity index (χ3n) is 4.71. The van der Waals surface area contributed by atoms with Crippen molar-refractivity contribution >= 4 is 25.9 Å². The first-order valence-corrected chi connectivity index (χ1v) is 12.6. The maximum atomic E-state index is 14.7. The van der Waals surface area contributed by atoms with Gasteiger partial charge in [0.1, 0.15) is 22.6 Å². The van der Waals surface area contributed by atoms with Crippen LogP contribution in [-0.2, 0) is 23.4 Å². The molecule has 0 radical (unpaired) electrons. The minimum Gasteiger partial charge on any atom is -0.462 e. The molecule has 186 valence electrons. The van der Waals surface area contributed by atoms with E-state index in [0.29, 0.717) is 0 Å². The zero-order valence-electron chi connectivity index (χ0n) is 18.9. The number of esters is 1. The number of para-hydroxylation sites is 1. The zero-order valence-corrected chi connectivity index (χ0v) is 20.6. The molecule has 1 fully saturated rings. The summed E-state index contributed by atoms with van der Waals surface area (Å²) in [5.41, 5.74) is -0.612. The summed E-state index contributed by atoms with van der Waals surface area (Å²) in [6.45, 7) is 4.51.